The summed E-state index contributed by atoms with van der Waals surface area (Å²) in [5, 5.41) is 0. The van der Waals surface area contributed by atoms with Crippen LogP contribution in [0.2, 0.25) is 0 Å². The molecule has 2 N–H and O–H groups in total. The highest BCUT2D eigenvalue weighted by Gasteiger charge is 2.33. The molecular formula is C11H22N2O. The van der Waals surface area contributed by atoms with Crippen LogP contribution in [0.1, 0.15) is 39.0 Å². The highest BCUT2D eigenvalue weighted by atomic mass is 16.2. The summed E-state index contributed by atoms with van der Waals surface area (Å²) in [6, 6.07) is 0. The summed E-state index contributed by atoms with van der Waals surface area (Å²) in [7, 11) is 1.89. The number of carbonyl (C=O) groups is 1. The third kappa shape index (κ3) is 2.47. The molecule has 1 aliphatic rings. The number of rotatable bonds is 3. The Morgan fingerprint density at radius 1 is 1.57 bits per heavy atom. The van der Waals surface area contributed by atoms with Crippen LogP contribution in [-0.2, 0) is 4.79 Å². The van der Waals surface area contributed by atoms with Crippen LogP contribution in [0.3, 0.4) is 0 Å². The van der Waals surface area contributed by atoms with Crippen molar-refractivity contribution >= 4 is 5.91 Å². The maximum absolute atomic E-state index is 11.7. The largest absolute Gasteiger partial charge is 0.346 e. The predicted molar refractivity (Wildman–Crippen MR) is 57.9 cm³/mol. The predicted octanol–water partition coefficient (Wildman–Crippen LogP) is 1.37. The Morgan fingerprint density at radius 3 is 2.86 bits per heavy atom. The number of likely N-dealkylation sites (tertiary alicyclic amines) is 1. The molecule has 14 heavy (non-hydrogen) atoms. The molecule has 0 aromatic rings. The zero-order valence-corrected chi connectivity index (χ0v) is 9.38. The summed E-state index contributed by atoms with van der Waals surface area (Å²) in [5.41, 5.74) is 5.92. The quantitative estimate of drug-likeness (QED) is 0.744. The van der Waals surface area contributed by atoms with Gasteiger partial charge in [-0.25, -0.2) is 0 Å². The molecule has 0 radical (unpaired) electrons. The lowest BCUT2D eigenvalue weighted by Gasteiger charge is -2.30. The second kappa shape index (κ2) is 4.78. The maximum atomic E-state index is 11.7. The lowest BCUT2D eigenvalue weighted by atomic mass is 9.77. The van der Waals surface area contributed by atoms with Gasteiger partial charge in [-0.15, -0.1) is 0 Å². The van der Waals surface area contributed by atoms with E-state index in [1.54, 1.807) is 0 Å². The van der Waals surface area contributed by atoms with Gasteiger partial charge in [0.05, 0.1) is 0 Å². The molecule has 0 saturated carbocycles. The molecule has 0 spiro atoms. The van der Waals surface area contributed by atoms with Gasteiger partial charge in [0.1, 0.15) is 0 Å². The summed E-state index contributed by atoms with van der Waals surface area (Å²) in [4.78, 5) is 13.6. The minimum atomic E-state index is 0.0938. The van der Waals surface area contributed by atoms with Crippen LogP contribution in [0.4, 0.5) is 0 Å². The van der Waals surface area contributed by atoms with Gasteiger partial charge < -0.3 is 10.6 Å². The summed E-state index contributed by atoms with van der Waals surface area (Å²) in [5.74, 6) is 0.265. The zero-order chi connectivity index (χ0) is 10.6. The van der Waals surface area contributed by atoms with Crippen molar-refractivity contribution in [3.8, 4) is 0 Å². The van der Waals surface area contributed by atoms with Crippen LogP contribution in [0.5, 0.6) is 0 Å². The molecule has 3 heteroatoms. The van der Waals surface area contributed by atoms with Gasteiger partial charge in [-0.2, -0.15) is 0 Å². The molecule has 1 rings (SSSR count). The molecule has 3 nitrogen and oxygen atoms in total. The maximum Gasteiger partial charge on any atom is 0.222 e. The topological polar surface area (TPSA) is 46.3 Å². The van der Waals surface area contributed by atoms with Gasteiger partial charge >= 0.3 is 0 Å². The van der Waals surface area contributed by atoms with Crippen LogP contribution < -0.4 is 5.73 Å². The first kappa shape index (κ1) is 11.5. The Bertz CT molecular complexity index is 205. The Balaban J connectivity index is 2.71. The van der Waals surface area contributed by atoms with Gasteiger partial charge in [-0.1, -0.05) is 13.3 Å². The molecule has 1 fully saturated rings. The SMILES string of the molecule is CCCC1(CN)CCCN(C)C(=O)C1. The van der Waals surface area contributed by atoms with Crippen molar-refractivity contribution < 1.29 is 4.79 Å². The monoisotopic (exact) mass is 198 g/mol. The number of amides is 1. The second-order valence-electron chi connectivity index (χ2n) is 4.55. The number of nitrogens with zero attached hydrogens (tertiary/aromatic N) is 1. The van der Waals surface area contributed by atoms with E-state index in [-0.39, 0.29) is 11.3 Å². The molecule has 1 aliphatic heterocycles. The van der Waals surface area contributed by atoms with Crippen molar-refractivity contribution in [2.75, 3.05) is 20.1 Å². The fourth-order valence-corrected chi connectivity index (χ4v) is 2.38. The second-order valence-corrected chi connectivity index (χ2v) is 4.55. The highest BCUT2D eigenvalue weighted by Crippen LogP contribution is 2.35. The first-order valence-corrected chi connectivity index (χ1v) is 5.57. The van der Waals surface area contributed by atoms with Crippen LogP contribution in [0, 0.1) is 5.41 Å². The number of hydrogen-bond donors (Lipinski definition) is 1. The molecule has 1 atom stereocenters. The molecule has 1 saturated heterocycles. The Labute approximate surface area is 86.6 Å². The van der Waals surface area contributed by atoms with Crippen molar-refractivity contribution in [1.82, 2.24) is 4.90 Å². The van der Waals surface area contributed by atoms with E-state index < -0.39 is 0 Å². The lowest BCUT2D eigenvalue weighted by molar-refractivity contribution is -0.131. The van der Waals surface area contributed by atoms with Crippen molar-refractivity contribution in [2.45, 2.75) is 39.0 Å². The Hall–Kier alpha value is -0.570. The molecular weight excluding hydrogens is 176 g/mol. The van der Waals surface area contributed by atoms with Crippen LogP contribution in [-0.4, -0.2) is 30.9 Å². The smallest absolute Gasteiger partial charge is 0.222 e. The minimum absolute atomic E-state index is 0.0938. The first-order chi connectivity index (χ1) is 6.63. The first-order valence-electron chi connectivity index (χ1n) is 5.57. The number of hydrogen-bond acceptors (Lipinski definition) is 2. The molecule has 1 amide bonds. The van der Waals surface area contributed by atoms with E-state index in [4.69, 9.17) is 5.73 Å². The van der Waals surface area contributed by atoms with Crippen LogP contribution in [0.15, 0.2) is 0 Å². The summed E-state index contributed by atoms with van der Waals surface area (Å²) in [6.07, 6.45) is 5.05. The minimum Gasteiger partial charge on any atom is -0.346 e. The van der Waals surface area contributed by atoms with Gasteiger partial charge in [0.2, 0.25) is 5.91 Å². The van der Waals surface area contributed by atoms with E-state index >= 15 is 0 Å². The van der Waals surface area contributed by atoms with E-state index in [2.05, 4.69) is 6.92 Å². The number of carbonyl (C=O) groups excluding carboxylic acids is 1. The molecule has 0 aliphatic carbocycles. The molecule has 0 aromatic heterocycles. The standard InChI is InChI=1S/C11H22N2O/c1-3-5-11(9-12)6-4-7-13(2)10(14)8-11/h3-9,12H2,1-2H3. The summed E-state index contributed by atoms with van der Waals surface area (Å²) in [6.45, 7) is 3.71. The third-order valence-corrected chi connectivity index (χ3v) is 3.37. The fourth-order valence-electron chi connectivity index (χ4n) is 2.38. The Kier molecular flexibility index (Phi) is 3.93. The molecule has 1 heterocycles. The molecule has 1 unspecified atom stereocenters. The fraction of sp³-hybridized carbons (Fsp3) is 0.909. The van der Waals surface area contributed by atoms with Gasteiger partial charge in [0, 0.05) is 20.0 Å². The number of nitrogens with two attached hydrogens (primary N) is 1. The van der Waals surface area contributed by atoms with Crippen LogP contribution in [0.25, 0.3) is 0 Å². The molecule has 0 aromatic carbocycles. The van der Waals surface area contributed by atoms with E-state index in [0.29, 0.717) is 13.0 Å². The average Bonchev–Trinajstić information content (AvgIpc) is 2.29. The van der Waals surface area contributed by atoms with Gasteiger partial charge in [-0.3, -0.25) is 4.79 Å². The van der Waals surface area contributed by atoms with Crippen molar-refractivity contribution in [1.29, 1.82) is 0 Å². The molecule has 0 bridgehead atoms. The molecule has 82 valence electrons. The summed E-state index contributed by atoms with van der Waals surface area (Å²) >= 11 is 0. The van der Waals surface area contributed by atoms with Crippen molar-refractivity contribution in [3.63, 3.8) is 0 Å². The van der Waals surface area contributed by atoms with Crippen molar-refractivity contribution in [2.24, 2.45) is 11.1 Å². The lowest BCUT2D eigenvalue weighted by Crippen LogP contribution is -2.34. The van der Waals surface area contributed by atoms with E-state index in [0.717, 1.165) is 32.2 Å². The average molecular weight is 198 g/mol. The van der Waals surface area contributed by atoms with Gasteiger partial charge in [-0.05, 0) is 31.2 Å². The van der Waals surface area contributed by atoms with Crippen LogP contribution >= 0.6 is 0 Å². The normalized spacial score (nSPS) is 29.1. The van der Waals surface area contributed by atoms with Crippen molar-refractivity contribution in [3.05, 3.63) is 0 Å². The van der Waals surface area contributed by atoms with E-state index in [1.165, 1.54) is 0 Å². The van der Waals surface area contributed by atoms with E-state index in [9.17, 15) is 4.79 Å². The van der Waals surface area contributed by atoms with Gasteiger partial charge in [0.25, 0.3) is 0 Å². The summed E-state index contributed by atoms with van der Waals surface area (Å²) < 4.78 is 0. The van der Waals surface area contributed by atoms with Gasteiger partial charge in [0.15, 0.2) is 0 Å². The zero-order valence-electron chi connectivity index (χ0n) is 9.38. The third-order valence-electron chi connectivity index (χ3n) is 3.37. The van der Waals surface area contributed by atoms with E-state index in [1.807, 2.05) is 11.9 Å². The highest BCUT2D eigenvalue weighted by molar-refractivity contribution is 5.77. The Morgan fingerprint density at radius 2 is 2.29 bits per heavy atom.